The molecule has 19 heavy (non-hydrogen) atoms. The van der Waals surface area contributed by atoms with Crippen molar-refractivity contribution in [3.05, 3.63) is 33.7 Å². The lowest BCUT2D eigenvalue weighted by Gasteiger charge is -2.11. The van der Waals surface area contributed by atoms with Gasteiger partial charge in [-0.25, -0.2) is 4.79 Å². The van der Waals surface area contributed by atoms with Crippen molar-refractivity contribution in [3.63, 3.8) is 0 Å². The Morgan fingerprint density at radius 1 is 1.32 bits per heavy atom. The molecule has 0 aliphatic rings. The minimum atomic E-state index is -1.59. The third-order valence-corrected chi connectivity index (χ3v) is 2.28. The summed E-state index contributed by atoms with van der Waals surface area (Å²) in [4.78, 5) is 46.8. The molecule has 0 aliphatic heterocycles. The average Bonchev–Trinajstić information content (AvgIpc) is 2.26. The number of rotatable bonds is 5. The molecule has 102 valence electrons. The molecule has 1 amide bonds. The van der Waals surface area contributed by atoms with Gasteiger partial charge in [-0.1, -0.05) is 0 Å². The number of carboxylic acids is 2. The van der Waals surface area contributed by atoms with Crippen LogP contribution in [0, 0.1) is 6.92 Å². The molecule has 0 fully saturated rings. The van der Waals surface area contributed by atoms with Crippen LogP contribution in [0.15, 0.2) is 16.9 Å². The van der Waals surface area contributed by atoms with Crippen LogP contribution in [0.5, 0.6) is 0 Å². The summed E-state index contributed by atoms with van der Waals surface area (Å²) in [6, 6.07) is 1.12. The zero-order valence-corrected chi connectivity index (χ0v) is 9.97. The van der Waals surface area contributed by atoms with Gasteiger partial charge >= 0.3 is 11.9 Å². The molecule has 0 saturated heterocycles. The summed E-state index contributed by atoms with van der Waals surface area (Å²) in [5.74, 6) is -3.79. The number of aryl methyl sites for hydroxylation is 1. The smallest absolute Gasteiger partial charge is 0.326 e. The minimum absolute atomic E-state index is 0.276. The molecule has 4 N–H and O–H groups in total. The molecular formula is C11H12N2O6. The summed E-state index contributed by atoms with van der Waals surface area (Å²) in [6.45, 7) is 1.62. The Kier molecular flexibility index (Phi) is 4.41. The van der Waals surface area contributed by atoms with Crippen LogP contribution in [0.25, 0.3) is 0 Å². The summed E-state index contributed by atoms with van der Waals surface area (Å²) in [5, 5.41) is 19.3. The van der Waals surface area contributed by atoms with Gasteiger partial charge in [0.15, 0.2) is 0 Å². The lowest BCUT2D eigenvalue weighted by Crippen LogP contribution is -2.43. The van der Waals surface area contributed by atoms with Crippen molar-refractivity contribution in [3.8, 4) is 0 Å². The number of pyridine rings is 1. The Hall–Kier alpha value is -2.64. The lowest BCUT2D eigenvalue weighted by atomic mass is 10.2. The Morgan fingerprint density at radius 3 is 2.42 bits per heavy atom. The van der Waals surface area contributed by atoms with Crippen LogP contribution >= 0.6 is 0 Å². The highest BCUT2D eigenvalue weighted by atomic mass is 16.4. The highest BCUT2D eigenvalue weighted by molar-refractivity contribution is 5.97. The molecular weight excluding hydrogens is 256 g/mol. The first-order chi connectivity index (χ1) is 8.81. The van der Waals surface area contributed by atoms with Gasteiger partial charge in [-0.2, -0.15) is 0 Å². The molecule has 0 aromatic carbocycles. The van der Waals surface area contributed by atoms with E-state index in [1.54, 1.807) is 6.92 Å². The Bertz CT molecular complexity index is 577. The molecule has 1 rings (SSSR count). The summed E-state index contributed by atoms with van der Waals surface area (Å²) < 4.78 is 0. The van der Waals surface area contributed by atoms with Crippen LogP contribution in [-0.2, 0) is 9.59 Å². The molecule has 8 heteroatoms. The van der Waals surface area contributed by atoms with Crippen molar-refractivity contribution in [2.24, 2.45) is 0 Å². The van der Waals surface area contributed by atoms with E-state index in [2.05, 4.69) is 4.98 Å². The fourth-order valence-electron chi connectivity index (χ4n) is 1.36. The first kappa shape index (κ1) is 14.4. The van der Waals surface area contributed by atoms with Crippen molar-refractivity contribution >= 4 is 17.8 Å². The predicted octanol–water partition coefficient (Wildman–Crippen LogP) is -0.659. The topological polar surface area (TPSA) is 137 Å². The van der Waals surface area contributed by atoms with Crippen molar-refractivity contribution in [2.45, 2.75) is 19.4 Å². The van der Waals surface area contributed by atoms with Crippen molar-refractivity contribution < 1.29 is 24.6 Å². The number of amides is 1. The molecule has 0 saturated carbocycles. The van der Waals surface area contributed by atoms with Gasteiger partial charge in [0.05, 0.1) is 6.42 Å². The second-order valence-electron chi connectivity index (χ2n) is 3.85. The first-order valence-corrected chi connectivity index (χ1v) is 5.26. The van der Waals surface area contributed by atoms with Gasteiger partial charge in [0.2, 0.25) is 0 Å². The molecule has 0 aliphatic carbocycles. The van der Waals surface area contributed by atoms with E-state index in [1.165, 1.54) is 12.1 Å². The molecule has 1 aromatic rings. The van der Waals surface area contributed by atoms with Gasteiger partial charge in [0.1, 0.15) is 11.6 Å². The number of hydrogen-bond acceptors (Lipinski definition) is 4. The van der Waals surface area contributed by atoms with Crippen molar-refractivity contribution in [2.75, 3.05) is 0 Å². The maximum atomic E-state index is 11.7. The maximum Gasteiger partial charge on any atom is 0.326 e. The Labute approximate surface area is 107 Å². The van der Waals surface area contributed by atoms with E-state index in [0.29, 0.717) is 5.69 Å². The van der Waals surface area contributed by atoms with Crippen molar-refractivity contribution in [1.29, 1.82) is 0 Å². The van der Waals surface area contributed by atoms with E-state index in [9.17, 15) is 19.2 Å². The SMILES string of the molecule is Cc1ccc(C(=O)N[C@H](CC(=O)O)C(=O)O)c(=O)[nH]1. The van der Waals surface area contributed by atoms with Crippen LogP contribution in [0.2, 0.25) is 0 Å². The van der Waals surface area contributed by atoms with E-state index in [4.69, 9.17) is 10.2 Å². The number of nitrogens with one attached hydrogen (secondary N) is 2. The average molecular weight is 268 g/mol. The fourth-order valence-corrected chi connectivity index (χ4v) is 1.36. The lowest BCUT2D eigenvalue weighted by molar-refractivity contribution is -0.145. The largest absolute Gasteiger partial charge is 0.481 e. The number of aromatic nitrogens is 1. The summed E-state index contributed by atoms with van der Waals surface area (Å²) in [5.41, 5.74) is -0.402. The number of aliphatic carboxylic acids is 2. The van der Waals surface area contributed by atoms with Crippen LogP contribution in [-0.4, -0.2) is 39.1 Å². The zero-order chi connectivity index (χ0) is 14.6. The third-order valence-electron chi connectivity index (χ3n) is 2.28. The molecule has 0 spiro atoms. The highest BCUT2D eigenvalue weighted by Crippen LogP contribution is 1.98. The van der Waals surface area contributed by atoms with Gasteiger partial charge < -0.3 is 20.5 Å². The van der Waals surface area contributed by atoms with E-state index >= 15 is 0 Å². The highest BCUT2D eigenvalue weighted by Gasteiger charge is 2.24. The Morgan fingerprint density at radius 2 is 1.95 bits per heavy atom. The number of carbonyl (C=O) groups is 3. The predicted molar refractivity (Wildman–Crippen MR) is 62.9 cm³/mol. The van der Waals surface area contributed by atoms with Gasteiger partial charge in [0.25, 0.3) is 11.5 Å². The van der Waals surface area contributed by atoms with Crippen molar-refractivity contribution in [1.82, 2.24) is 10.3 Å². The summed E-state index contributed by atoms with van der Waals surface area (Å²) in [7, 11) is 0. The van der Waals surface area contributed by atoms with E-state index < -0.39 is 35.9 Å². The molecule has 0 radical (unpaired) electrons. The molecule has 0 bridgehead atoms. The van der Waals surface area contributed by atoms with Gasteiger partial charge in [-0.3, -0.25) is 14.4 Å². The van der Waals surface area contributed by atoms with Crippen LogP contribution in [0.4, 0.5) is 0 Å². The second kappa shape index (κ2) is 5.80. The molecule has 8 nitrogen and oxygen atoms in total. The van der Waals surface area contributed by atoms with E-state index in [-0.39, 0.29) is 5.56 Å². The summed E-state index contributed by atoms with van der Waals surface area (Å²) >= 11 is 0. The number of aromatic amines is 1. The number of H-pyrrole nitrogens is 1. The maximum absolute atomic E-state index is 11.7. The molecule has 1 atom stereocenters. The molecule has 1 aromatic heterocycles. The number of hydrogen-bond donors (Lipinski definition) is 4. The van der Waals surface area contributed by atoms with Gasteiger partial charge in [-0.15, -0.1) is 0 Å². The van der Waals surface area contributed by atoms with Crippen LogP contribution in [0.3, 0.4) is 0 Å². The normalized spacial score (nSPS) is 11.6. The molecule has 0 unspecified atom stereocenters. The minimum Gasteiger partial charge on any atom is -0.481 e. The van der Waals surface area contributed by atoms with Crippen LogP contribution in [0.1, 0.15) is 22.5 Å². The monoisotopic (exact) mass is 268 g/mol. The zero-order valence-electron chi connectivity index (χ0n) is 9.97. The fraction of sp³-hybridized carbons (Fsp3) is 0.273. The van der Waals surface area contributed by atoms with Gasteiger partial charge in [-0.05, 0) is 19.1 Å². The van der Waals surface area contributed by atoms with Gasteiger partial charge in [0, 0.05) is 5.69 Å². The standard InChI is InChI=1S/C11H12N2O6/c1-5-2-3-6(9(16)12-5)10(17)13-7(11(18)19)4-8(14)15/h2-3,7H,4H2,1H3,(H,12,16)(H,13,17)(H,14,15)(H,18,19)/t7-/m1/s1. The number of carbonyl (C=O) groups excluding carboxylic acids is 1. The Balaban J connectivity index is 2.91. The third kappa shape index (κ3) is 3.95. The second-order valence-corrected chi connectivity index (χ2v) is 3.85. The van der Waals surface area contributed by atoms with E-state index in [0.717, 1.165) is 0 Å². The van der Waals surface area contributed by atoms with E-state index in [1.807, 2.05) is 5.32 Å². The summed E-state index contributed by atoms with van der Waals surface area (Å²) in [6.07, 6.45) is -0.773. The number of carboxylic acid groups (broad SMARTS) is 2. The van der Waals surface area contributed by atoms with Crippen LogP contribution < -0.4 is 10.9 Å². The quantitative estimate of drug-likeness (QED) is 0.559. The molecule has 1 heterocycles. The first-order valence-electron chi connectivity index (χ1n) is 5.26.